The van der Waals surface area contributed by atoms with E-state index in [9.17, 15) is 20.4 Å². The fourth-order valence-corrected chi connectivity index (χ4v) is 12.7. The van der Waals surface area contributed by atoms with Crippen LogP contribution in [0.25, 0.3) is 9.75 Å². The van der Waals surface area contributed by atoms with Gasteiger partial charge < -0.3 is 36.8 Å². The Morgan fingerprint density at radius 1 is 1.07 bits per heavy atom. The van der Waals surface area contributed by atoms with Crippen molar-refractivity contribution in [3.05, 3.63) is 57.3 Å². The molecule has 1 aromatic carbocycles. The highest BCUT2D eigenvalue weighted by molar-refractivity contribution is 7.23. The molecular weight excluding hydrogens is 741 g/mol. The number of carbonyl (C=O) groups excluding carboxylic acids is 1. The van der Waals surface area contributed by atoms with Gasteiger partial charge in [0, 0.05) is 46.8 Å². The zero-order valence-corrected chi connectivity index (χ0v) is 34.4. The van der Waals surface area contributed by atoms with E-state index >= 15 is 4.79 Å². The Labute approximate surface area is 339 Å². The Bertz CT molecular complexity index is 2060. The van der Waals surface area contributed by atoms with Crippen molar-refractivity contribution in [2.75, 3.05) is 25.5 Å². The molecule has 0 radical (unpaired) electrons. The summed E-state index contributed by atoms with van der Waals surface area (Å²) in [5, 5.41) is 50.5. The third-order valence-corrected chi connectivity index (χ3v) is 15.5. The van der Waals surface area contributed by atoms with E-state index in [0.29, 0.717) is 37.5 Å². The molecule has 3 bridgehead atoms. The molecule has 4 aliphatic carbocycles. The predicted octanol–water partition coefficient (Wildman–Crippen LogP) is 6.77. The van der Waals surface area contributed by atoms with Crippen LogP contribution in [0, 0.1) is 58.2 Å². The molecule has 4 aliphatic rings. The van der Waals surface area contributed by atoms with Gasteiger partial charge in [-0.25, -0.2) is 0 Å². The number of hydrogen-bond donors (Lipinski definition) is 7. The molecule has 8 N–H and O–H groups in total. The lowest BCUT2D eigenvalue weighted by atomic mass is 9.57. The number of anilines is 1. The lowest BCUT2D eigenvalue weighted by molar-refractivity contribution is -0.0000945. The minimum Gasteiger partial charge on any atom is -0.508 e. The summed E-state index contributed by atoms with van der Waals surface area (Å²) < 4.78 is 0. The molecule has 9 nitrogen and oxygen atoms in total. The Morgan fingerprint density at radius 3 is 2.57 bits per heavy atom. The summed E-state index contributed by atoms with van der Waals surface area (Å²) in [5.41, 5.74) is 7.89. The number of aliphatic hydroxyl groups excluding tert-OH is 3. The van der Waals surface area contributed by atoms with Crippen LogP contribution in [-0.2, 0) is 6.42 Å². The van der Waals surface area contributed by atoms with Gasteiger partial charge in [0.25, 0.3) is 0 Å². The highest BCUT2D eigenvalue weighted by Gasteiger charge is 2.60. The van der Waals surface area contributed by atoms with E-state index in [1.807, 2.05) is 19.1 Å². The molecular formula is C45H56N4O5S2. The number of phenolic OH excluding ortho intramolecular Hbond substituents is 1. The average molecular weight is 797 g/mol. The maximum absolute atomic E-state index is 15.0. The van der Waals surface area contributed by atoms with Crippen LogP contribution in [0.2, 0.25) is 0 Å². The van der Waals surface area contributed by atoms with Crippen molar-refractivity contribution in [2.24, 2.45) is 45.2 Å². The number of hydrogen-bond acceptors (Lipinski definition) is 9. The topological polar surface area (TPSA) is 160 Å². The van der Waals surface area contributed by atoms with Crippen molar-refractivity contribution in [2.45, 2.75) is 103 Å². The number of rotatable bonds is 9. The fraction of sp³-hybridized carbons (Fsp3) is 0.556. The van der Waals surface area contributed by atoms with Crippen molar-refractivity contribution < 1.29 is 25.2 Å². The monoisotopic (exact) mass is 796 g/mol. The zero-order chi connectivity index (χ0) is 39.6. The first-order valence-electron chi connectivity index (χ1n) is 20.2. The number of thiophene rings is 2. The second-order valence-electron chi connectivity index (χ2n) is 16.7. The number of nitrogens with two attached hydrogens (primary N) is 1. The van der Waals surface area contributed by atoms with Gasteiger partial charge in [0.15, 0.2) is 11.7 Å². The van der Waals surface area contributed by atoms with Crippen LogP contribution >= 0.6 is 22.7 Å². The minimum absolute atomic E-state index is 0.0304. The molecule has 2 spiro atoms. The number of aromatic hydroxyl groups is 1. The second-order valence-corrected chi connectivity index (χ2v) is 18.9. The Balaban J connectivity index is 1.36. The molecule has 56 heavy (non-hydrogen) atoms. The molecule has 3 saturated carbocycles. The van der Waals surface area contributed by atoms with E-state index in [0.717, 1.165) is 82.0 Å². The first kappa shape index (κ1) is 40.4. The summed E-state index contributed by atoms with van der Waals surface area (Å²) in [6.07, 6.45) is 7.50. The zero-order valence-electron chi connectivity index (χ0n) is 32.7. The SMILES string of the molecule is CC#Cc1ccc(-c2ccc(C(=O)C3CCC4CC35CC(C(O)CO)C(C5)C3(C#Cc5c(cc(O)cc5NCC(C)O)CC4NC(N)=NC)CCCCC3)s2)s1. The Kier molecular flexibility index (Phi) is 12.2. The van der Waals surface area contributed by atoms with E-state index in [-0.39, 0.29) is 47.9 Å². The Hall–Kier alpha value is -3.84. The standard InChI is InChI=1S/C45H56N4O5S2/c1-4-8-31-10-12-39(55-31)40-13-14-41(56-40)42(54)34-11-9-28-22-45(34)23-33(38(53)26-50)35(24-45)44(16-6-5-7-17-44)18-15-32-29(20-36(28)49-43(46)47-3)19-30(52)21-37(32)48-25-27(2)51/h10,12-14,19,21,27-28,33-36,38,48,50-53H,5-7,9,11,16-17,20,22-26H2,1-3H3,(H3,46,47,49). The number of Topliss-reactive ketones (excluding diaryl/α,β-unsaturated/α-hetero) is 1. The molecule has 0 amide bonds. The van der Waals surface area contributed by atoms with E-state index in [2.05, 4.69) is 51.4 Å². The Morgan fingerprint density at radius 2 is 1.84 bits per heavy atom. The number of nitrogens with zero attached hydrogens (tertiary/aromatic N) is 1. The maximum Gasteiger partial charge on any atom is 0.188 e. The number of benzene rings is 1. The second kappa shape index (κ2) is 16.9. The molecule has 2 heterocycles. The molecule has 8 atom stereocenters. The number of fused-ring (bicyclic) bond motifs is 4. The molecule has 298 valence electrons. The largest absolute Gasteiger partial charge is 0.508 e. The van der Waals surface area contributed by atoms with Crippen LogP contribution in [0.15, 0.2) is 41.4 Å². The minimum atomic E-state index is -0.932. The van der Waals surface area contributed by atoms with Gasteiger partial charge in [0.05, 0.1) is 39.8 Å². The van der Waals surface area contributed by atoms with Gasteiger partial charge in [0.2, 0.25) is 0 Å². The molecule has 2 aromatic heterocycles. The predicted molar refractivity (Wildman–Crippen MR) is 226 cm³/mol. The molecule has 3 aromatic rings. The number of phenols is 1. The summed E-state index contributed by atoms with van der Waals surface area (Å²) in [4.78, 5) is 23.2. The van der Waals surface area contributed by atoms with E-state index < -0.39 is 23.0 Å². The van der Waals surface area contributed by atoms with Crippen LogP contribution in [-0.4, -0.2) is 70.6 Å². The van der Waals surface area contributed by atoms with E-state index in [4.69, 9.17) is 5.73 Å². The molecule has 0 saturated heterocycles. The van der Waals surface area contributed by atoms with Gasteiger partial charge in [-0.2, -0.15) is 0 Å². The fourth-order valence-electron chi connectivity index (χ4n) is 10.7. The summed E-state index contributed by atoms with van der Waals surface area (Å²) >= 11 is 3.19. The van der Waals surface area contributed by atoms with Crippen LogP contribution in [0.1, 0.15) is 104 Å². The number of aliphatic hydroxyl groups is 3. The van der Waals surface area contributed by atoms with Crippen LogP contribution < -0.4 is 16.4 Å². The molecule has 0 aliphatic heterocycles. The molecule has 8 unspecified atom stereocenters. The first-order chi connectivity index (χ1) is 27.0. The lowest BCUT2D eigenvalue weighted by Crippen LogP contribution is -2.50. The summed E-state index contributed by atoms with van der Waals surface area (Å²) in [6.45, 7) is 3.51. The van der Waals surface area contributed by atoms with Gasteiger partial charge in [-0.3, -0.25) is 9.79 Å². The number of aliphatic imine (C=N–C) groups is 1. The number of carbonyl (C=O) groups is 1. The third kappa shape index (κ3) is 8.12. The van der Waals surface area contributed by atoms with E-state index in [1.165, 1.54) is 0 Å². The van der Waals surface area contributed by atoms with Crippen molar-refractivity contribution in [3.8, 4) is 39.2 Å². The number of guanidine groups is 1. The van der Waals surface area contributed by atoms with E-state index in [1.54, 1.807) is 48.8 Å². The van der Waals surface area contributed by atoms with Gasteiger partial charge in [-0.1, -0.05) is 37.0 Å². The normalized spacial score (nSPS) is 28.0. The number of nitrogens with one attached hydrogen (secondary N) is 2. The highest BCUT2D eigenvalue weighted by Crippen LogP contribution is 2.65. The quantitative estimate of drug-likeness (QED) is 0.0541. The van der Waals surface area contributed by atoms with Gasteiger partial charge in [0.1, 0.15) is 5.75 Å². The highest BCUT2D eigenvalue weighted by atomic mass is 32.1. The van der Waals surface area contributed by atoms with Gasteiger partial charge in [-0.05, 0) is 124 Å². The maximum atomic E-state index is 15.0. The molecule has 11 heteroatoms. The first-order valence-corrected chi connectivity index (χ1v) is 21.9. The number of ketones is 1. The smallest absolute Gasteiger partial charge is 0.188 e. The van der Waals surface area contributed by atoms with Crippen molar-refractivity contribution >= 4 is 40.1 Å². The van der Waals surface area contributed by atoms with Crippen molar-refractivity contribution in [1.29, 1.82) is 0 Å². The summed E-state index contributed by atoms with van der Waals surface area (Å²) in [7, 11) is 1.66. The average Bonchev–Trinajstić information content (AvgIpc) is 3.96. The third-order valence-electron chi connectivity index (χ3n) is 13.2. The van der Waals surface area contributed by atoms with Gasteiger partial charge in [-0.15, -0.1) is 28.6 Å². The lowest BCUT2D eigenvalue weighted by Gasteiger charge is -2.48. The summed E-state index contributed by atoms with van der Waals surface area (Å²) in [6, 6.07) is 11.5. The van der Waals surface area contributed by atoms with Gasteiger partial charge >= 0.3 is 0 Å². The van der Waals surface area contributed by atoms with Crippen molar-refractivity contribution in [1.82, 2.24) is 5.32 Å². The van der Waals surface area contributed by atoms with Crippen molar-refractivity contribution in [3.63, 3.8) is 0 Å². The molecule has 3 fully saturated rings. The molecule has 7 rings (SSSR count). The summed E-state index contributed by atoms with van der Waals surface area (Å²) in [5.74, 6) is 13.8. The van der Waals surface area contributed by atoms with Crippen LogP contribution in [0.4, 0.5) is 5.69 Å². The van der Waals surface area contributed by atoms with Crippen LogP contribution in [0.5, 0.6) is 5.75 Å². The van der Waals surface area contributed by atoms with Crippen LogP contribution in [0.3, 0.4) is 0 Å².